The molecule has 0 aliphatic rings. The number of carbonyl (C=O) groups excluding carboxylic acids is 3. The van der Waals surface area contributed by atoms with Crippen LogP contribution in [0.3, 0.4) is 0 Å². The molecule has 48 heavy (non-hydrogen) atoms. The van der Waals surface area contributed by atoms with E-state index in [2.05, 4.69) is 35.5 Å². The predicted octanol–water partition coefficient (Wildman–Crippen LogP) is 8.41. The second-order valence-corrected chi connectivity index (χ2v) is 14.1. The van der Waals surface area contributed by atoms with Gasteiger partial charge in [0, 0.05) is 34.4 Å². The Hall–Kier alpha value is -3.63. The van der Waals surface area contributed by atoms with Gasteiger partial charge in [0.2, 0.25) is 12.6 Å². The van der Waals surface area contributed by atoms with Crippen LogP contribution in [0.15, 0.2) is 52.3 Å². The van der Waals surface area contributed by atoms with E-state index >= 15 is 8.78 Å². The van der Waals surface area contributed by atoms with E-state index in [1.54, 1.807) is 31.4 Å². The number of alkyl halides is 2. The molecule has 1 heterocycles. The lowest BCUT2D eigenvalue weighted by Crippen LogP contribution is -2.24. The molecule has 2 aromatic carbocycles. The van der Waals surface area contributed by atoms with Crippen LogP contribution >= 0.6 is 34.9 Å². The fourth-order valence-corrected chi connectivity index (χ4v) is 6.37. The number of ether oxygens (including phenoxy) is 5. The van der Waals surface area contributed by atoms with E-state index in [0.717, 1.165) is 13.0 Å². The lowest BCUT2D eigenvalue weighted by atomic mass is 10.1. The molecule has 0 fully saturated rings. The molecule has 0 saturated carbocycles. The number of halogens is 3. The third-order valence-electron chi connectivity index (χ3n) is 5.83. The van der Waals surface area contributed by atoms with Crippen LogP contribution in [0, 0.1) is 0 Å². The molecule has 0 aliphatic heterocycles. The van der Waals surface area contributed by atoms with E-state index in [-0.39, 0.29) is 22.7 Å². The largest absolute Gasteiger partial charge is 0.511 e. The van der Waals surface area contributed by atoms with Crippen molar-refractivity contribution in [2.75, 3.05) is 5.32 Å². The van der Waals surface area contributed by atoms with Crippen molar-refractivity contribution in [1.82, 2.24) is 4.98 Å². The molecule has 262 valence electrons. The van der Waals surface area contributed by atoms with E-state index in [4.69, 9.17) is 18.9 Å². The Balaban J connectivity index is 1.58. The zero-order chi connectivity index (χ0) is 35.8. The van der Waals surface area contributed by atoms with Crippen LogP contribution in [-0.4, -0.2) is 52.9 Å². The molecule has 18 heteroatoms. The van der Waals surface area contributed by atoms with Gasteiger partial charge in [-0.25, -0.2) is 19.4 Å². The Morgan fingerprint density at radius 3 is 2.06 bits per heavy atom. The average Bonchev–Trinajstić information content (AvgIpc) is 3.43. The Bertz CT molecular complexity index is 1640. The molecule has 0 bridgehead atoms. The van der Waals surface area contributed by atoms with Gasteiger partial charge >= 0.3 is 31.5 Å². The van der Waals surface area contributed by atoms with Crippen molar-refractivity contribution in [3.05, 3.63) is 69.0 Å². The van der Waals surface area contributed by atoms with Crippen LogP contribution in [-0.2, 0) is 45.0 Å². The van der Waals surface area contributed by atoms with Crippen LogP contribution in [0.25, 0.3) is 11.3 Å². The predicted molar refractivity (Wildman–Crippen MR) is 174 cm³/mol. The Labute approximate surface area is 287 Å². The number of esters is 1. The fraction of sp³-hybridized carbons (Fsp3) is 0.400. The fourth-order valence-electron chi connectivity index (χ4n) is 3.75. The number of nitrogens with one attached hydrogen (secondary N) is 1. The Morgan fingerprint density at radius 1 is 0.917 bits per heavy atom. The van der Waals surface area contributed by atoms with Crippen molar-refractivity contribution >= 4 is 58.3 Å². The number of aromatic nitrogens is 1. The van der Waals surface area contributed by atoms with Crippen LogP contribution in [0.2, 0.25) is 0 Å². The van der Waals surface area contributed by atoms with Gasteiger partial charge in [0.25, 0.3) is 0 Å². The number of hydrogen-bond acceptors (Lipinski definition) is 13. The zero-order valence-electron chi connectivity index (χ0n) is 26.6. The van der Waals surface area contributed by atoms with E-state index in [1.807, 2.05) is 0 Å². The van der Waals surface area contributed by atoms with Crippen LogP contribution in [0.4, 0.5) is 23.5 Å². The minimum atomic E-state index is -5.69. The molecule has 3 aromatic rings. The Morgan fingerprint density at radius 2 is 1.50 bits per heavy atom. The van der Waals surface area contributed by atoms with E-state index in [1.165, 1.54) is 56.4 Å². The van der Waals surface area contributed by atoms with E-state index in [9.17, 15) is 23.8 Å². The minimum absolute atomic E-state index is 0.160. The summed E-state index contributed by atoms with van der Waals surface area (Å²) < 4.78 is 71.4. The first-order valence-electron chi connectivity index (χ1n) is 14.3. The SMILES string of the molecule is CC(C)OC(=O)OC(C)OC(=O)c1ccc(-c2csc(NCc3ccc(C(F)(F)P(=O)(O)OC(C)OC(=O)OC(C)C)c(Br)c3)n2)cc1. The lowest BCUT2D eigenvalue weighted by Gasteiger charge is -2.25. The number of hydrogen-bond donors (Lipinski definition) is 2. The third-order valence-corrected chi connectivity index (χ3v) is 8.82. The lowest BCUT2D eigenvalue weighted by molar-refractivity contribution is -0.0868. The highest BCUT2D eigenvalue weighted by Crippen LogP contribution is 2.64. The summed E-state index contributed by atoms with van der Waals surface area (Å²) in [4.78, 5) is 50.2. The van der Waals surface area contributed by atoms with Crippen LogP contribution in [0.5, 0.6) is 0 Å². The molecule has 13 nitrogen and oxygen atoms in total. The van der Waals surface area contributed by atoms with E-state index < -0.39 is 55.8 Å². The van der Waals surface area contributed by atoms with Crippen molar-refractivity contribution in [2.45, 2.75) is 78.5 Å². The number of carbonyl (C=O) groups is 3. The number of nitrogens with zero attached hydrogens (tertiary/aromatic N) is 1. The highest BCUT2D eigenvalue weighted by Gasteiger charge is 2.55. The van der Waals surface area contributed by atoms with Gasteiger partial charge in [-0.3, -0.25) is 9.09 Å². The summed E-state index contributed by atoms with van der Waals surface area (Å²) in [6, 6.07) is 10.1. The minimum Gasteiger partial charge on any atom is -0.432 e. The van der Waals surface area contributed by atoms with Crippen LogP contribution in [0.1, 0.15) is 63.0 Å². The molecule has 0 amide bonds. The van der Waals surface area contributed by atoms with Gasteiger partial charge in [-0.2, -0.15) is 8.78 Å². The molecule has 2 N–H and O–H groups in total. The van der Waals surface area contributed by atoms with Crippen LogP contribution < -0.4 is 5.32 Å². The molecule has 0 spiro atoms. The maximum Gasteiger partial charge on any atom is 0.511 e. The second kappa shape index (κ2) is 16.7. The molecule has 0 saturated heterocycles. The van der Waals surface area contributed by atoms with Gasteiger partial charge in [0.05, 0.1) is 23.5 Å². The van der Waals surface area contributed by atoms with Gasteiger partial charge in [-0.15, -0.1) is 11.3 Å². The maximum atomic E-state index is 15.1. The summed E-state index contributed by atoms with van der Waals surface area (Å²) in [7, 11) is -5.69. The second-order valence-electron chi connectivity index (χ2n) is 10.6. The number of thiazole rings is 1. The molecular formula is C30H34BrF2N2O11PS. The number of rotatable bonds is 14. The van der Waals surface area contributed by atoms with Crippen molar-refractivity contribution < 1.29 is 60.8 Å². The standard InChI is InChI=1S/C30H34BrF2N2O11PS/c1-16(2)41-28(37)44-18(5)43-26(36)22-10-8-21(9-11-22)25-15-48-27(35-25)34-14-20-7-12-23(24(31)13-20)30(32,33)47(39,40)46-19(6)45-29(38)42-17(3)4/h7-13,15-19H,14H2,1-6H3,(H,34,35)(H,39,40). The summed E-state index contributed by atoms with van der Waals surface area (Å²) in [6.07, 6.45) is -6.10. The zero-order valence-corrected chi connectivity index (χ0v) is 29.9. The third kappa shape index (κ3) is 11.0. The average molecular weight is 780 g/mol. The number of benzene rings is 2. The summed E-state index contributed by atoms with van der Waals surface area (Å²) in [6.45, 7) is 8.93. The molecule has 1 aromatic heterocycles. The van der Waals surface area contributed by atoms with Crippen molar-refractivity contribution in [2.24, 2.45) is 0 Å². The quantitative estimate of drug-likeness (QED) is 0.0693. The smallest absolute Gasteiger partial charge is 0.432 e. The molecule has 0 aliphatic carbocycles. The highest BCUT2D eigenvalue weighted by atomic mass is 79.9. The first-order valence-corrected chi connectivity index (χ1v) is 17.6. The molecule has 3 unspecified atom stereocenters. The van der Waals surface area contributed by atoms with Crippen molar-refractivity contribution in [1.29, 1.82) is 0 Å². The van der Waals surface area contributed by atoms with Gasteiger partial charge in [-0.1, -0.05) is 40.2 Å². The summed E-state index contributed by atoms with van der Waals surface area (Å²) in [5.41, 5.74) is -3.12. The monoisotopic (exact) mass is 778 g/mol. The first-order chi connectivity index (χ1) is 22.4. The Kier molecular flexibility index (Phi) is 13.5. The molecule has 3 atom stereocenters. The molecule has 0 radical (unpaired) electrons. The normalized spacial score (nSPS) is 14.1. The number of anilines is 1. The van der Waals surface area contributed by atoms with E-state index in [0.29, 0.717) is 22.0 Å². The maximum absolute atomic E-state index is 15.1. The summed E-state index contributed by atoms with van der Waals surface area (Å²) in [5, 5.41) is 5.37. The topological polar surface area (TPSA) is 169 Å². The van der Waals surface area contributed by atoms with Gasteiger partial charge in [-0.05, 0) is 58.4 Å². The molecule has 3 rings (SSSR count). The van der Waals surface area contributed by atoms with Crippen molar-refractivity contribution in [3.8, 4) is 11.3 Å². The summed E-state index contributed by atoms with van der Waals surface area (Å²) in [5.74, 6) is -0.705. The summed E-state index contributed by atoms with van der Waals surface area (Å²) >= 11 is 4.33. The van der Waals surface area contributed by atoms with Crippen molar-refractivity contribution in [3.63, 3.8) is 0 Å². The molecular weight excluding hydrogens is 745 g/mol. The van der Waals surface area contributed by atoms with Gasteiger partial charge in [0.1, 0.15) is 0 Å². The first kappa shape index (κ1) is 38.8. The van der Waals surface area contributed by atoms with Gasteiger partial charge < -0.3 is 33.9 Å². The van der Waals surface area contributed by atoms with Gasteiger partial charge in [0.15, 0.2) is 5.13 Å². The highest BCUT2D eigenvalue weighted by molar-refractivity contribution is 9.10.